The van der Waals surface area contributed by atoms with Gasteiger partial charge >= 0.3 is 0 Å². The number of rotatable bonds is 5. The van der Waals surface area contributed by atoms with Crippen molar-refractivity contribution >= 4 is 43.4 Å². The predicted octanol–water partition coefficient (Wildman–Crippen LogP) is 13.6. The van der Waals surface area contributed by atoms with E-state index < -0.39 is 0 Å². The molecule has 10 rings (SSSR count). The molecule has 0 aliphatic heterocycles. The molecule has 9 aromatic carbocycles. The van der Waals surface area contributed by atoms with Crippen LogP contribution in [0.4, 0.5) is 0 Å². The fourth-order valence-electron chi connectivity index (χ4n) is 8.39. The molecule has 0 saturated carbocycles. The van der Waals surface area contributed by atoms with Gasteiger partial charge in [0.2, 0.25) is 0 Å². The molecule has 0 amide bonds. The van der Waals surface area contributed by atoms with Crippen molar-refractivity contribution in [1.29, 1.82) is 5.26 Å². The molecule has 2 nitrogen and oxygen atoms in total. The molecule has 246 valence electrons. The number of nitriles is 1. The Bertz CT molecular complexity index is 2940. The molecule has 0 radical (unpaired) electrons. The Morgan fingerprint density at radius 3 is 1.32 bits per heavy atom. The largest absolute Gasteiger partial charge is 0.307 e. The third-order valence-corrected chi connectivity index (χ3v) is 10.7. The summed E-state index contributed by atoms with van der Waals surface area (Å²) < 4.78 is 2.26. The SMILES string of the molecule is N#Cc1cccc(-c2ccc(-c3ccccc3-c3c4ccccc4c(-c4ccccc4)c4ccccc34)cc2)c1-n1c2ccccc2c2ccccc21. The minimum atomic E-state index is 0.640. The number of benzene rings is 9. The fourth-order valence-corrected chi connectivity index (χ4v) is 8.39. The summed E-state index contributed by atoms with van der Waals surface area (Å²) in [5.41, 5.74) is 13.0. The summed E-state index contributed by atoms with van der Waals surface area (Å²) in [7, 11) is 0. The van der Waals surface area contributed by atoms with Crippen LogP contribution in [0.5, 0.6) is 0 Å². The van der Waals surface area contributed by atoms with Crippen molar-refractivity contribution in [2.75, 3.05) is 0 Å². The molecule has 1 aromatic heterocycles. The predicted molar refractivity (Wildman–Crippen MR) is 222 cm³/mol. The molecule has 0 N–H and O–H groups in total. The van der Waals surface area contributed by atoms with Gasteiger partial charge in [-0.1, -0.05) is 176 Å². The average Bonchev–Trinajstić information content (AvgIpc) is 3.57. The van der Waals surface area contributed by atoms with E-state index in [0.29, 0.717) is 5.56 Å². The average molecular weight is 673 g/mol. The maximum Gasteiger partial charge on any atom is 0.101 e. The second-order valence-electron chi connectivity index (χ2n) is 13.5. The minimum Gasteiger partial charge on any atom is -0.307 e. The number of nitrogens with zero attached hydrogens (tertiary/aromatic N) is 2. The lowest BCUT2D eigenvalue weighted by Crippen LogP contribution is -2.00. The zero-order valence-electron chi connectivity index (χ0n) is 28.9. The molecule has 0 aliphatic rings. The summed E-state index contributed by atoms with van der Waals surface area (Å²) in [6.07, 6.45) is 0. The maximum atomic E-state index is 10.4. The van der Waals surface area contributed by atoms with E-state index in [-0.39, 0.29) is 0 Å². The topological polar surface area (TPSA) is 28.7 Å². The third kappa shape index (κ3) is 4.87. The summed E-state index contributed by atoms with van der Waals surface area (Å²) >= 11 is 0. The molecule has 0 spiro atoms. The number of hydrogen-bond acceptors (Lipinski definition) is 1. The van der Waals surface area contributed by atoms with Gasteiger partial charge in [-0.05, 0) is 78.7 Å². The van der Waals surface area contributed by atoms with Crippen LogP contribution in [0, 0.1) is 11.3 Å². The van der Waals surface area contributed by atoms with Crippen LogP contribution in [0.15, 0.2) is 194 Å². The van der Waals surface area contributed by atoms with Crippen molar-refractivity contribution in [2.24, 2.45) is 0 Å². The van der Waals surface area contributed by atoms with E-state index >= 15 is 0 Å². The quantitative estimate of drug-likeness (QED) is 0.167. The molecule has 53 heavy (non-hydrogen) atoms. The first-order valence-electron chi connectivity index (χ1n) is 18.0. The summed E-state index contributed by atoms with van der Waals surface area (Å²) in [5.74, 6) is 0. The van der Waals surface area contributed by atoms with E-state index in [1.165, 1.54) is 60.1 Å². The molecular formula is C51H32N2. The number of hydrogen-bond donors (Lipinski definition) is 0. The van der Waals surface area contributed by atoms with Crippen LogP contribution in [0.2, 0.25) is 0 Å². The Morgan fingerprint density at radius 1 is 0.321 bits per heavy atom. The van der Waals surface area contributed by atoms with Gasteiger partial charge in [-0.2, -0.15) is 5.26 Å². The normalized spacial score (nSPS) is 11.4. The Kier molecular flexibility index (Phi) is 7.23. The summed E-state index contributed by atoms with van der Waals surface area (Å²) in [6, 6.07) is 71.5. The monoisotopic (exact) mass is 672 g/mol. The van der Waals surface area contributed by atoms with Gasteiger partial charge in [0.05, 0.1) is 22.3 Å². The van der Waals surface area contributed by atoms with Crippen LogP contribution in [-0.2, 0) is 0 Å². The van der Waals surface area contributed by atoms with Crippen LogP contribution in [0.3, 0.4) is 0 Å². The van der Waals surface area contributed by atoms with E-state index in [1.807, 2.05) is 12.1 Å². The molecule has 0 unspecified atom stereocenters. The van der Waals surface area contributed by atoms with Gasteiger partial charge in [-0.25, -0.2) is 0 Å². The van der Waals surface area contributed by atoms with Crippen LogP contribution in [0.1, 0.15) is 5.56 Å². The van der Waals surface area contributed by atoms with E-state index in [2.05, 4.69) is 193 Å². The third-order valence-electron chi connectivity index (χ3n) is 10.7. The molecular weight excluding hydrogens is 641 g/mol. The smallest absolute Gasteiger partial charge is 0.101 e. The van der Waals surface area contributed by atoms with Gasteiger partial charge in [-0.3, -0.25) is 0 Å². The number of aromatic nitrogens is 1. The first kappa shape index (κ1) is 30.6. The van der Waals surface area contributed by atoms with Crippen molar-refractivity contribution < 1.29 is 0 Å². The number of fused-ring (bicyclic) bond motifs is 5. The highest BCUT2D eigenvalue weighted by Gasteiger charge is 2.21. The Labute approximate surface area is 308 Å². The summed E-state index contributed by atoms with van der Waals surface area (Å²) in [5, 5.41) is 17.7. The summed E-state index contributed by atoms with van der Waals surface area (Å²) in [4.78, 5) is 0. The van der Waals surface area contributed by atoms with Crippen molar-refractivity contribution in [3.05, 3.63) is 200 Å². The lowest BCUT2D eigenvalue weighted by Gasteiger charge is -2.20. The van der Waals surface area contributed by atoms with Gasteiger partial charge in [0.15, 0.2) is 0 Å². The van der Waals surface area contributed by atoms with E-state index in [0.717, 1.165) is 33.4 Å². The molecule has 0 fully saturated rings. The Balaban J connectivity index is 1.16. The summed E-state index contributed by atoms with van der Waals surface area (Å²) in [6.45, 7) is 0. The molecule has 0 bridgehead atoms. The molecule has 2 heteroatoms. The lowest BCUT2D eigenvalue weighted by atomic mass is 9.84. The van der Waals surface area contributed by atoms with Gasteiger partial charge in [0.25, 0.3) is 0 Å². The highest BCUT2D eigenvalue weighted by molar-refractivity contribution is 6.22. The first-order chi connectivity index (χ1) is 26.3. The van der Waals surface area contributed by atoms with Gasteiger partial charge in [0.1, 0.15) is 6.07 Å². The van der Waals surface area contributed by atoms with E-state index in [9.17, 15) is 5.26 Å². The molecule has 1 heterocycles. The van der Waals surface area contributed by atoms with Crippen LogP contribution < -0.4 is 0 Å². The highest BCUT2D eigenvalue weighted by Crippen LogP contribution is 2.46. The Morgan fingerprint density at radius 2 is 0.755 bits per heavy atom. The molecule has 0 saturated heterocycles. The minimum absolute atomic E-state index is 0.640. The van der Waals surface area contributed by atoms with Crippen molar-refractivity contribution in [1.82, 2.24) is 4.57 Å². The lowest BCUT2D eigenvalue weighted by molar-refractivity contribution is 1.17. The standard InChI is InChI=1S/C51H32N2/c52-33-37-17-14-26-39(51(37)53-47-27-12-10-19-40(47)41-20-11-13-28-48(41)53)35-31-29-34(30-32-35)38-18-4-5-21-42(38)50-45-24-8-6-22-43(45)49(36-15-2-1-3-16-36)44-23-7-9-25-46(44)50/h1-32H. The zero-order valence-corrected chi connectivity index (χ0v) is 28.9. The second kappa shape index (κ2) is 12.5. The molecule has 0 atom stereocenters. The van der Waals surface area contributed by atoms with Gasteiger partial charge in [0, 0.05) is 16.3 Å². The van der Waals surface area contributed by atoms with Crippen molar-refractivity contribution in [3.63, 3.8) is 0 Å². The Hall–Kier alpha value is -7.21. The number of para-hydroxylation sites is 3. The fraction of sp³-hybridized carbons (Fsp3) is 0. The highest BCUT2D eigenvalue weighted by atomic mass is 15.0. The molecule has 10 aromatic rings. The molecule has 0 aliphatic carbocycles. The maximum absolute atomic E-state index is 10.4. The van der Waals surface area contributed by atoms with Crippen LogP contribution in [0.25, 0.3) is 93.5 Å². The second-order valence-corrected chi connectivity index (χ2v) is 13.5. The van der Waals surface area contributed by atoms with E-state index in [1.54, 1.807) is 0 Å². The van der Waals surface area contributed by atoms with Gasteiger partial charge < -0.3 is 4.57 Å². The zero-order chi connectivity index (χ0) is 35.3. The van der Waals surface area contributed by atoms with E-state index in [4.69, 9.17) is 0 Å². The van der Waals surface area contributed by atoms with Crippen molar-refractivity contribution in [3.8, 4) is 56.3 Å². The first-order valence-corrected chi connectivity index (χ1v) is 18.0. The van der Waals surface area contributed by atoms with Crippen molar-refractivity contribution in [2.45, 2.75) is 0 Å². The van der Waals surface area contributed by atoms with Crippen LogP contribution >= 0.6 is 0 Å². The van der Waals surface area contributed by atoms with Crippen LogP contribution in [-0.4, -0.2) is 4.57 Å². The van der Waals surface area contributed by atoms with Gasteiger partial charge in [-0.15, -0.1) is 0 Å².